The SMILES string of the molecule is CCCCCC(=O)Nc1cccc(C)c1Br. The lowest BCUT2D eigenvalue weighted by atomic mass is 10.2. The Balaban J connectivity index is 2.53. The summed E-state index contributed by atoms with van der Waals surface area (Å²) in [6.45, 7) is 4.14. The van der Waals surface area contributed by atoms with Gasteiger partial charge in [0.1, 0.15) is 0 Å². The van der Waals surface area contributed by atoms with Crippen molar-refractivity contribution in [2.75, 3.05) is 5.32 Å². The molecule has 0 aliphatic carbocycles. The number of hydrogen-bond donors (Lipinski definition) is 1. The van der Waals surface area contributed by atoms with E-state index >= 15 is 0 Å². The van der Waals surface area contributed by atoms with Gasteiger partial charge in [0.25, 0.3) is 0 Å². The summed E-state index contributed by atoms with van der Waals surface area (Å²) < 4.78 is 0.971. The monoisotopic (exact) mass is 283 g/mol. The lowest BCUT2D eigenvalue weighted by Gasteiger charge is -2.08. The fraction of sp³-hybridized carbons (Fsp3) is 0.462. The molecule has 0 heterocycles. The van der Waals surface area contributed by atoms with Crippen molar-refractivity contribution in [1.29, 1.82) is 0 Å². The second-order valence-electron chi connectivity index (χ2n) is 3.94. The molecule has 0 saturated carbocycles. The van der Waals surface area contributed by atoms with E-state index in [9.17, 15) is 4.79 Å². The Morgan fingerprint density at radius 1 is 1.38 bits per heavy atom. The molecule has 0 saturated heterocycles. The highest BCUT2D eigenvalue weighted by molar-refractivity contribution is 9.10. The molecular formula is C13H18BrNO. The molecule has 1 aromatic rings. The van der Waals surface area contributed by atoms with E-state index in [1.54, 1.807) is 0 Å². The van der Waals surface area contributed by atoms with Gasteiger partial charge in [-0.05, 0) is 40.9 Å². The first-order valence-electron chi connectivity index (χ1n) is 5.70. The first kappa shape index (κ1) is 13.2. The number of carbonyl (C=O) groups excluding carboxylic acids is 1. The Bertz CT molecular complexity index is 363. The van der Waals surface area contributed by atoms with Gasteiger partial charge in [0.2, 0.25) is 5.91 Å². The van der Waals surface area contributed by atoms with E-state index in [0.29, 0.717) is 6.42 Å². The van der Waals surface area contributed by atoms with Crippen LogP contribution in [0.25, 0.3) is 0 Å². The van der Waals surface area contributed by atoms with Crippen LogP contribution in [0.2, 0.25) is 0 Å². The normalized spacial score (nSPS) is 10.2. The van der Waals surface area contributed by atoms with Gasteiger partial charge < -0.3 is 5.32 Å². The van der Waals surface area contributed by atoms with Crippen LogP contribution in [0.5, 0.6) is 0 Å². The molecule has 0 spiro atoms. The van der Waals surface area contributed by atoms with Gasteiger partial charge in [0.15, 0.2) is 0 Å². The highest BCUT2D eigenvalue weighted by Crippen LogP contribution is 2.25. The molecular weight excluding hydrogens is 266 g/mol. The van der Waals surface area contributed by atoms with Crippen LogP contribution in [-0.2, 0) is 4.79 Å². The van der Waals surface area contributed by atoms with Crippen molar-refractivity contribution in [3.8, 4) is 0 Å². The summed E-state index contributed by atoms with van der Waals surface area (Å²) in [7, 11) is 0. The van der Waals surface area contributed by atoms with Crippen LogP contribution >= 0.6 is 15.9 Å². The summed E-state index contributed by atoms with van der Waals surface area (Å²) in [6, 6.07) is 5.87. The van der Waals surface area contributed by atoms with E-state index < -0.39 is 0 Å². The average Bonchev–Trinajstić information content (AvgIpc) is 2.25. The van der Waals surface area contributed by atoms with Gasteiger partial charge >= 0.3 is 0 Å². The number of halogens is 1. The van der Waals surface area contributed by atoms with E-state index in [1.165, 1.54) is 0 Å². The largest absolute Gasteiger partial charge is 0.325 e. The van der Waals surface area contributed by atoms with Crippen LogP contribution in [0, 0.1) is 6.92 Å². The lowest BCUT2D eigenvalue weighted by Crippen LogP contribution is -2.11. The van der Waals surface area contributed by atoms with Crippen LogP contribution < -0.4 is 5.32 Å². The minimum absolute atomic E-state index is 0.0970. The number of rotatable bonds is 5. The molecule has 0 unspecified atom stereocenters. The number of carbonyl (C=O) groups is 1. The third-order valence-corrected chi connectivity index (χ3v) is 3.53. The molecule has 0 aromatic heterocycles. The lowest BCUT2D eigenvalue weighted by molar-refractivity contribution is -0.116. The van der Waals surface area contributed by atoms with E-state index in [4.69, 9.17) is 0 Å². The van der Waals surface area contributed by atoms with Gasteiger partial charge in [0.05, 0.1) is 5.69 Å². The summed E-state index contributed by atoms with van der Waals surface area (Å²) in [5, 5.41) is 2.92. The van der Waals surface area contributed by atoms with Gasteiger partial charge in [-0.15, -0.1) is 0 Å². The van der Waals surface area contributed by atoms with Gasteiger partial charge in [-0.25, -0.2) is 0 Å². The third-order valence-electron chi connectivity index (χ3n) is 2.47. The van der Waals surface area contributed by atoms with Crippen molar-refractivity contribution >= 4 is 27.5 Å². The molecule has 2 nitrogen and oxygen atoms in total. The van der Waals surface area contributed by atoms with Crippen LogP contribution in [-0.4, -0.2) is 5.91 Å². The maximum atomic E-state index is 11.6. The van der Waals surface area contributed by atoms with Gasteiger partial charge in [-0.2, -0.15) is 0 Å². The van der Waals surface area contributed by atoms with Crippen molar-refractivity contribution < 1.29 is 4.79 Å². The summed E-state index contributed by atoms with van der Waals surface area (Å²) in [4.78, 5) is 11.6. The molecule has 0 radical (unpaired) electrons. The standard InChI is InChI=1S/C13H18BrNO/c1-3-4-5-9-12(16)15-11-8-6-7-10(2)13(11)14/h6-8H,3-5,9H2,1-2H3,(H,15,16). The van der Waals surface area contributed by atoms with Gasteiger partial charge in [-0.1, -0.05) is 31.9 Å². The number of nitrogens with one attached hydrogen (secondary N) is 1. The third kappa shape index (κ3) is 3.97. The number of unbranched alkanes of at least 4 members (excludes halogenated alkanes) is 2. The average molecular weight is 284 g/mol. The highest BCUT2D eigenvalue weighted by atomic mass is 79.9. The molecule has 88 valence electrons. The van der Waals surface area contributed by atoms with Crippen LogP contribution in [0.4, 0.5) is 5.69 Å². The molecule has 0 atom stereocenters. The Morgan fingerprint density at radius 2 is 2.12 bits per heavy atom. The van der Waals surface area contributed by atoms with Crippen LogP contribution in [0.1, 0.15) is 38.2 Å². The molecule has 1 aromatic carbocycles. The maximum absolute atomic E-state index is 11.6. The molecule has 16 heavy (non-hydrogen) atoms. The van der Waals surface area contributed by atoms with E-state index in [-0.39, 0.29) is 5.91 Å². The quantitative estimate of drug-likeness (QED) is 0.803. The summed E-state index contributed by atoms with van der Waals surface area (Å²) in [5.41, 5.74) is 1.99. The van der Waals surface area contributed by atoms with Crippen LogP contribution in [0.3, 0.4) is 0 Å². The zero-order valence-corrected chi connectivity index (χ0v) is 11.4. The Kier molecular flexibility index (Phi) is 5.53. The smallest absolute Gasteiger partial charge is 0.224 e. The number of anilines is 1. The van der Waals surface area contributed by atoms with Crippen molar-refractivity contribution in [1.82, 2.24) is 0 Å². The minimum atomic E-state index is 0.0970. The predicted octanol–water partition coefficient (Wildman–Crippen LogP) is 4.28. The molecule has 3 heteroatoms. The summed E-state index contributed by atoms with van der Waals surface area (Å²) >= 11 is 3.48. The Hall–Kier alpha value is -0.830. The first-order valence-corrected chi connectivity index (χ1v) is 6.49. The molecule has 0 aliphatic rings. The number of amides is 1. The second-order valence-corrected chi connectivity index (χ2v) is 4.73. The zero-order chi connectivity index (χ0) is 12.0. The molecule has 0 fully saturated rings. The number of aryl methyl sites for hydroxylation is 1. The van der Waals surface area contributed by atoms with E-state index in [1.807, 2.05) is 25.1 Å². The molecule has 1 amide bonds. The minimum Gasteiger partial charge on any atom is -0.325 e. The molecule has 0 aliphatic heterocycles. The molecule has 1 rings (SSSR count). The topological polar surface area (TPSA) is 29.1 Å². The van der Waals surface area contributed by atoms with E-state index in [0.717, 1.165) is 35.0 Å². The highest BCUT2D eigenvalue weighted by Gasteiger charge is 2.06. The van der Waals surface area contributed by atoms with Gasteiger partial charge in [0, 0.05) is 10.9 Å². The van der Waals surface area contributed by atoms with Crippen molar-refractivity contribution in [2.24, 2.45) is 0 Å². The van der Waals surface area contributed by atoms with Crippen LogP contribution in [0.15, 0.2) is 22.7 Å². The molecule has 1 N–H and O–H groups in total. The first-order chi connectivity index (χ1) is 7.65. The number of benzene rings is 1. The predicted molar refractivity (Wildman–Crippen MR) is 71.7 cm³/mol. The van der Waals surface area contributed by atoms with E-state index in [2.05, 4.69) is 28.2 Å². The van der Waals surface area contributed by atoms with Crippen molar-refractivity contribution in [2.45, 2.75) is 39.5 Å². The summed E-state index contributed by atoms with van der Waals surface area (Å²) in [5.74, 6) is 0.0970. The Labute approximate surface area is 106 Å². The zero-order valence-electron chi connectivity index (χ0n) is 9.85. The fourth-order valence-electron chi connectivity index (χ4n) is 1.49. The van der Waals surface area contributed by atoms with Gasteiger partial charge in [-0.3, -0.25) is 4.79 Å². The molecule has 0 bridgehead atoms. The summed E-state index contributed by atoms with van der Waals surface area (Å²) in [6.07, 6.45) is 3.82. The second kappa shape index (κ2) is 6.69. The number of hydrogen-bond acceptors (Lipinski definition) is 1. The Morgan fingerprint density at radius 3 is 2.81 bits per heavy atom. The van der Waals surface area contributed by atoms with Crippen molar-refractivity contribution in [3.05, 3.63) is 28.2 Å². The van der Waals surface area contributed by atoms with Crippen molar-refractivity contribution in [3.63, 3.8) is 0 Å². The maximum Gasteiger partial charge on any atom is 0.224 e. The fourth-order valence-corrected chi connectivity index (χ4v) is 1.86.